The van der Waals surface area contributed by atoms with Gasteiger partial charge in [-0.3, -0.25) is 14.7 Å². The van der Waals surface area contributed by atoms with Gasteiger partial charge in [-0.05, 0) is 24.1 Å². The number of aromatic nitrogens is 4. The van der Waals surface area contributed by atoms with Crippen LogP contribution in [0.5, 0.6) is 0 Å². The second kappa shape index (κ2) is 5.77. The molecule has 0 saturated carbocycles. The van der Waals surface area contributed by atoms with Crippen LogP contribution in [0, 0.1) is 0 Å². The molecule has 0 bridgehead atoms. The second-order valence-electron chi connectivity index (χ2n) is 5.70. The molecule has 1 aliphatic heterocycles. The van der Waals surface area contributed by atoms with Gasteiger partial charge in [0.05, 0.1) is 24.8 Å². The number of carbonyl (C=O) groups excluding carboxylic acids is 1. The summed E-state index contributed by atoms with van der Waals surface area (Å²) >= 11 is 0. The summed E-state index contributed by atoms with van der Waals surface area (Å²) in [6.45, 7) is 0.866. The Bertz CT molecular complexity index is 946. The van der Waals surface area contributed by atoms with Crippen molar-refractivity contribution in [1.82, 2.24) is 25.1 Å². The van der Waals surface area contributed by atoms with Crippen molar-refractivity contribution in [1.29, 1.82) is 0 Å². The number of aromatic amines is 2. The third-order valence-corrected chi connectivity index (χ3v) is 4.24. The topological polar surface area (TPSA) is 94.7 Å². The van der Waals surface area contributed by atoms with Gasteiger partial charge in [0, 0.05) is 29.4 Å². The zero-order chi connectivity index (χ0) is 16.5. The van der Waals surface area contributed by atoms with Gasteiger partial charge in [-0.2, -0.15) is 5.10 Å². The number of amides is 1. The van der Waals surface area contributed by atoms with Crippen molar-refractivity contribution in [3.63, 3.8) is 0 Å². The smallest absolute Gasteiger partial charge is 0.254 e. The molecule has 1 aliphatic rings. The number of H-pyrrole nitrogens is 2. The lowest BCUT2D eigenvalue weighted by Gasteiger charge is -2.27. The van der Waals surface area contributed by atoms with Gasteiger partial charge in [0.15, 0.2) is 0 Å². The first-order chi connectivity index (χ1) is 11.7. The highest BCUT2D eigenvalue weighted by Gasteiger charge is 2.24. The normalized spacial score (nSPS) is 13.6. The van der Waals surface area contributed by atoms with E-state index in [1.165, 1.54) is 6.33 Å². The molecular weight excluding hydrogens is 306 g/mol. The van der Waals surface area contributed by atoms with Crippen LogP contribution in [0.2, 0.25) is 0 Å². The van der Waals surface area contributed by atoms with Crippen LogP contribution in [0.3, 0.4) is 0 Å². The quantitative estimate of drug-likeness (QED) is 0.745. The number of rotatable bonds is 2. The largest absolute Gasteiger partial charge is 0.332 e. The monoisotopic (exact) mass is 321 g/mol. The van der Waals surface area contributed by atoms with E-state index in [1.807, 2.05) is 18.2 Å². The first kappa shape index (κ1) is 14.4. The molecule has 7 nitrogen and oxygen atoms in total. The van der Waals surface area contributed by atoms with Crippen LogP contribution in [-0.4, -0.2) is 37.5 Å². The predicted octanol–water partition coefficient (Wildman–Crippen LogP) is 1.36. The minimum absolute atomic E-state index is 0.0620. The summed E-state index contributed by atoms with van der Waals surface area (Å²) in [6, 6.07) is 7.45. The van der Waals surface area contributed by atoms with Crippen LogP contribution in [0.25, 0.3) is 11.1 Å². The Kier molecular flexibility index (Phi) is 3.45. The summed E-state index contributed by atoms with van der Waals surface area (Å²) in [5.74, 6) is -0.0620. The lowest BCUT2D eigenvalue weighted by molar-refractivity contribution is 0.0731. The van der Waals surface area contributed by atoms with Crippen LogP contribution in [0.1, 0.15) is 21.6 Å². The fourth-order valence-electron chi connectivity index (χ4n) is 2.96. The fraction of sp³-hybridized carbons (Fsp3) is 0.176. The van der Waals surface area contributed by atoms with Crippen LogP contribution >= 0.6 is 0 Å². The summed E-state index contributed by atoms with van der Waals surface area (Å²) in [4.78, 5) is 33.1. The van der Waals surface area contributed by atoms with Crippen molar-refractivity contribution in [2.75, 3.05) is 6.54 Å². The molecule has 2 N–H and O–H groups in total. The second-order valence-corrected chi connectivity index (χ2v) is 5.70. The molecular formula is C17H15N5O2. The first-order valence-electron chi connectivity index (χ1n) is 7.66. The number of carbonyl (C=O) groups is 1. The van der Waals surface area contributed by atoms with Gasteiger partial charge in [-0.15, -0.1) is 0 Å². The van der Waals surface area contributed by atoms with E-state index in [0.717, 1.165) is 11.1 Å². The molecule has 0 unspecified atom stereocenters. The van der Waals surface area contributed by atoms with Crippen LogP contribution < -0.4 is 5.56 Å². The highest BCUT2D eigenvalue weighted by molar-refractivity contribution is 5.95. The molecule has 0 saturated heterocycles. The average Bonchev–Trinajstić information content (AvgIpc) is 3.16. The lowest BCUT2D eigenvalue weighted by Crippen LogP contribution is -2.38. The van der Waals surface area contributed by atoms with Crippen LogP contribution in [0.15, 0.2) is 47.8 Å². The van der Waals surface area contributed by atoms with Gasteiger partial charge < -0.3 is 9.88 Å². The summed E-state index contributed by atoms with van der Waals surface area (Å²) in [5.41, 5.74) is 3.71. The number of benzene rings is 1. The highest BCUT2D eigenvalue weighted by atomic mass is 16.2. The molecule has 0 atom stereocenters. The van der Waals surface area contributed by atoms with Crippen molar-refractivity contribution < 1.29 is 4.79 Å². The molecule has 3 heterocycles. The SMILES string of the molecule is O=C(c1cccc(-c2cn[nH]c2)c1)N1CCc2c(nc[nH]c2=O)C1. The number of nitrogens with zero attached hydrogens (tertiary/aromatic N) is 3. The minimum Gasteiger partial charge on any atom is -0.332 e. The van der Waals surface area contributed by atoms with Crippen LogP contribution in [0.4, 0.5) is 0 Å². The summed E-state index contributed by atoms with van der Waals surface area (Å²) < 4.78 is 0. The molecule has 0 radical (unpaired) electrons. The Morgan fingerprint density at radius 3 is 3.00 bits per heavy atom. The van der Waals surface area contributed by atoms with E-state index in [4.69, 9.17) is 0 Å². The van der Waals surface area contributed by atoms with Crippen molar-refractivity contribution in [2.24, 2.45) is 0 Å². The van der Waals surface area contributed by atoms with Gasteiger partial charge in [0.1, 0.15) is 0 Å². The Morgan fingerprint density at radius 2 is 2.17 bits per heavy atom. The van der Waals surface area contributed by atoms with Gasteiger partial charge in [0.2, 0.25) is 0 Å². The Balaban J connectivity index is 1.61. The number of hydrogen-bond donors (Lipinski definition) is 2. The maximum absolute atomic E-state index is 12.8. The number of hydrogen-bond acceptors (Lipinski definition) is 4. The van der Waals surface area contributed by atoms with Crippen molar-refractivity contribution >= 4 is 5.91 Å². The maximum Gasteiger partial charge on any atom is 0.254 e. The zero-order valence-corrected chi connectivity index (χ0v) is 12.8. The van der Waals surface area contributed by atoms with E-state index in [2.05, 4.69) is 20.2 Å². The molecule has 24 heavy (non-hydrogen) atoms. The molecule has 0 fully saturated rings. The van der Waals surface area contributed by atoms with Crippen molar-refractivity contribution in [2.45, 2.75) is 13.0 Å². The van der Waals surface area contributed by atoms with E-state index in [1.54, 1.807) is 23.4 Å². The third kappa shape index (κ3) is 2.50. The number of nitrogens with one attached hydrogen (secondary N) is 2. The van der Waals surface area contributed by atoms with Gasteiger partial charge in [-0.1, -0.05) is 12.1 Å². The molecule has 1 amide bonds. The van der Waals surface area contributed by atoms with E-state index in [9.17, 15) is 9.59 Å². The minimum atomic E-state index is -0.117. The molecule has 2 aromatic heterocycles. The average molecular weight is 321 g/mol. The van der Waals surface area contributed by atoms with Gasteiger partial charge in [-0.25, -0.2) is 4.98 Å². The van der Waals surface area contributed by atoms with Crippen LogP contribution in [-0.2, 0) is 13.0 Å². The summed E-state index contributed by atoms with van der Waals surface area (Å²) in [5, 5.41) is 6.71. The maximum atomic E-state index is 12.8. The number of fused-ring (bicyclic) bond motifs is 1. The van der Waals surface area contributed by atoms with E-state index in [0.29, 0.717) is 36.3 Å². The van der Waals surface area contributed by atoms with Gasteiger partial charge >= 0.3 is 0 Å². The van der Waals surface area contributed by atoms with E-state index >= 15 is 0 Å². The lowest BCUT2D eigenvalue weighted by atomic mass is 10.0. The highest BCUT2D eigenvalue weighted by Crippen LogP contribution is 2.21. The van der Waals surface area contributed by atoms with Gasteiger partial charge in [0.25, 0.3) is 11.5 Å². The Morgan fingerprint density at radius 1 is 1.25 bits per heavy atom. The molecule has 120 valence electrons. The van der Waals surface area contributed by atoms with E-state index in [-0.39, 0.29) is 11.5 Å². The standard InChI is InChI=1S/C17H15N5O2/c23-16-14-4-5-22(9-15(14)18-10-19-16)17(24)12-3-1-2-11(6-12)13-7-20-21-8-13/h1-3,6-8,10H,4-5,9H2,(H,20,21)(H,18,19,23). The Hall–Kier alpha value is -3.22. The molecule has 0 spiro atoms. The third-order valence-electron chi connectivity index (χ3n) is 4.24. The van der Waals surface area contributed by atoms with Crippen molar-refractivity contribution in [3.05, 3.63) is 70.2 Å². The molecule has 4 rings (SSSR count). The molecule has 7 heteroatoms. The molecule has 0 aliphatic carbocycles. The van der Waals surface area contributed by atoms with Crippen molar-refractivity contribution in [3.8, 4) is 11.1 Å². The first-order valence-corrected chi connectivity index (χ1v) is 7.66. The fourth-order valence-corrected chi connectivity index (χ4v) is 2.96. The molecule has 3 aromatic rings. The zero-order valence-electron chi connectivity index (χ0n) is 12.8. The predicted molar refractivity (Wildman–Crippen MR) is 87.3 cm³/mol. The van der Waals surface area contributed by atoms with E-state index < -0.39 is 0 Å². The summed E-state index contributed by atoms with van der Waals surface area (Å²) in [6.07, 6.45) is 5.41. The molecule has 1 aromatic carbocycles. The summed E-state index contributed by atoms with van der Waals surface area (Å²) in [7, 11) is 0. The Labute approximate surface area is 137 Å².